The number of rotatable bonds is 7. The van der Waals surface area contributed by atoms with E-state index in [0.29, 0.717) is 23.6 Å². The molecule has 2 N–H and O–H groups in total. The fourth-order valence-electron chi connectivity index (χ4n) is 1.96. The zero-order chi connectivity index (χ0) is 14.4. The highest BCUT2D eigenvalue weighted by Crippen LogP contribution is 2.26. The van der Waals surface area contributed by atoms with Crippen molar-refractivity contribution in [1.29, 1.82) is 0 Å². The molecule has 0 saturated heterocycles. The van der Waals surface area contributed by atoms with Crippen LogP contribution in [-0.2, 0) is 4.79 Å². The molecule has 1 aromatic rings. The van der Waals surface area contributed by atoms with Gasteiger partial charge in [-0.05, 0) is 31.0 Å². The summed E-state index contributed by atoms with van der Waals surface area (Å²) < 4.78 is 13.9. The average Bonchev–Trinajstić information content (AvgIpc) is 2.30. The van der Waals surface area contributed by atoms with E-state index in [1.807, 2.05) is 13.8 Å². The smallest absolute Gasteiger partial charge is 0.303 e. The minimum absolute atomic E-state index is 0.112. The van der Waals surface area contributed by atoms with Crippen LogP contribution in [0.3, 0.4) is 0 Å². The van der Waals surface area contributed by atoms with Gasteiger partial charge >= 0.3 is 5.97 Å². The lowest BCUT2D eigenvalue weighted by molar-refractivity contribution is -0.137. The minimum Gasteiger partial charge on any atom is -0.481 e. The van der Waals surface area contributed by atoms with Crippen LogP contribution >= 0.6 is 11.6 Å². The third kappa shape index (κ3) is 5.17. The average molecular weight is 288 g/mol. The predicted molar refractivity (Wildman–Crippen MR) is 73.9 cm³/mol. The molecule has 5 heteroatoms. The van der Waals surface area contributed by atoms with Gasteiger partial charge in [-0.3, -0.25) is 4.79 Å². The summed E-state index contributed by atoms with van der Waals surface area (Å²) in [5.41, 5.74) is 0.565. The van der Waals surface area contributed by atoms with E-state index < -0.39 is 5.97 Å². The van der Waals surface area contributed by atoms with Gasteiger partial charge in [-0.2, -0.15) is 0 Å². The standard InChI is InChI=1S/C14H19ClFNO2/c1-9(2)14(17-7-3-4-13(18)19)11-6-5-10(15)8-12(11)16/h5-6,8-9,14,17H,3-4,7H2,1-2H3,(H,18,19). The van der Waals surface area contributed by atoms with Crippen LogP contribution < -0.4 is 5.32 Å². The van der Waals surface area contributed by atoms with Crippen molar-refractivity contribution in [1.82, 2.24) is 5.32 Å². The van der Waals surface area contributed by atoms with Crippen molar-refractivity contribution in [3.63, 3.8) is 0 Å². The molecule has 1 rings (SSSR count). The molecule has 3 nitrogen and oxygen atoms in total. The van der Waals surface area contributed by atoms with Crippen LogP contribution in [0.15, 0.2) is 18.2 Å². The Hall–Kier alpha value is -1.13. The fraction of sp³-hybridized carbons (Fsp3) is 0.500. The van der Waals surface area contributed by atoms with Crippen LogP contribution in [0.1, 0.15) is 38.3 Å². The van der Waals surface area contributed by atoms with Crippen molar-refractivity contribution < 1.29 is 14.3 Å². The molecule has 0 bridgehead atoms. The summed E-state index contributed by atoms with van der Waals surface area (Å²) in [6.07, 6.45) is 0.634. The van der Waals surface area contributed by atoms with Crippen LogP contribution in [-0.4, -0.2) is 17.6 Å². The van der Waals surface area contributed by atoms with Crippen molar-refractivity contribution in [2.24, 2.45) is 5.92 Å². The number of halogens is 2. The first-order valence-corrected chi connectivity index (χ1v) is 6.69. The van der Waals surface area contributed by atoms with Crippen LogP contribution in [0.4, 0.5) is 4.39 Å². The molecule has 106 valence electrons. The number of hydrogen-bond donors (Lipinski definition) is 2. The molecule has 0 spiro atoms. The van der Waals surface area contributed by atoms with Crippen molar-refractivity contribution >= 4 is 17.6 Å². The molecule has 0 amide bonds. The lowest BCUT2D eigenvalue weighted by Gasteiger charge is -2.23. The normalized spacial score (nSPS) is 12.7. The molecule has 0 radical (unpaired) electrons. The first-order valence-electron chi connectivity index (χ1n) is 6.32. The summed E-state index contributed by atoms with van der Waals surface area (Å²) in [6.45, 7) is 4.52. The molecular weight excluding hydrogens is 269 g/mol. The molecule has 0 fully saturated rings. The highest BCUT2D eigenvalue weighted by Gasteiger charge is 2.18. The molecule has 0 aromatic heterocycles. The van der Waals surface area contributed by atoms with E-state index in [-0.39, 0.29) is 24.2 Å². The first kappa shape index (κ1) is 15.9. The highest BCUT2D eigenvalue weighted by atomic mass is 35.5. The second-order valence-electron chi connectivity index (χ2n) is 4.84. The Kier molecular flexibility index (Phi) is 6.25. The van der Waals surface area contributed by atoms with E-state index in [4.69, 9.17) is 16.7 Å². The van der Waals surface area contributed by atoms with Gasteiger partial charge in [-0.1, -0.05) is 31.5 Å². The van der Waals surface area contributed by atoms with Gasteiger partial charge in [-0.15, -0.1) is 0 Å². The Labute approximate surface area is 117 Å². The summed E-state index contributed by atoms with van der Waals surface area (Å²) in [4.78, 5) is 10.4. The van der Waals surface area contributed by atoms with E-state index >= 15 is 0 Å². The lowest BCUT2D eigenvalue weighted by atomic mass is 9.95. The van der Waals surface area contributed by atoms with Gasteiger partial charge in [-0.25, -0.2) is 4.39 Å². The number of benzene rings is 1. The fourth-order valence-corrected chi connectivity index (χ4v) is 2.11. The second-order valence-corrected chi connectivity index (χ2v) is 5.28. The predicted octanol–water partition coefficient (Wildman–Crippen LogP) is 3.63. The first-order chi connectivity index (χ1) is 8.91. The Morgan fingerprint density at radius 3 is 2.68 bits per heavy atom. The summed E-state index contributed by atoms with van der Waals surface area (Å²) in [6, 6.07) is 4.48. The maximum absolute atomic E-state index is 13.9. The van der Waals surface area contributed by atoms with Crippen LogP contribution in [0.5, 0.6) is 0 Å². The van der Waals surface area contributed by atoms with Gasteiger partial charge < -0.3 is 10.4 Å². The molecule has 1 aromatic carbocycles. The maximum atomic E-state index is 13.9. The molecule has 0 aliphatic heterocycles. The Morgan fingerprint density at radius 1 is 1.47 bits per heavy atom. The molecule has 1 unspecified atom stereocenters. The SMILES string of the molecule is CC(C)C(NCCCC(=O)O)c1ccc(Cl)cc1F. The van der Waals surface area contributed by atoms with E-state index in [2.05, 4.69) is 5.32 Å². The highest BCUT2D eigenvalue weighted by molar-refractivity contribution is 6.30. The van der Waals surface area contributed by atoms with Crippen LogP contribution in [0, 0.1) is 11.7 Å². The largest absolute Gasteiger partial charge is 0.481 e. The summed E-state index contributed by atoms with van der Waals surface area (Å²) in [7, 11) is 0. The van der Waals surface area contributed by atoms with Gasteiger partial charge in [0.2, 0.25) is 0 Å². The van der Waals surface area contributed by atoms with Crippen molar-refractivity contribution in [3.8, 4) is 0 Å². The van der Waals surface area contributed by atoms with Gasteiger partial charge in [0.1, 0.15) is 5.82 Å². The number of carboxylic acid groups (broad SMARTS) is 1. The van der Waals surface area contributed by atoms with Crippen molar-refractivity contribution in [2.75, 3.05) is 6.54 Å². The Morgan fingerprint density at radius 2 is 2.16 bits per heavy atom. The number of carboxylic acids is 1. The molecule has 19 heavy (non-hydrogen) atoms. The van der Waals surface area contributed by atoms with E-state index in [0.717, 1.165) is 0 Å². The maximum Gasteiger partial charge on any atom is 0.303 e. The van der Waals surface area contributed by atoms with E-state index in [1.54, 1.807) is 12.1 Å². The van der Waals surface area contributed by atoms with Crippen molar-refractivity contribution in [2.45, 2.75) is 32.7 Å². The van der Waals surface area contributed by atoms with Gasteiger partial charge in [0.15, 0.2) is 0 Å². The zero-order valence-corrected chi connectivity index (χ0v) is 11.9. The van der Waals surface area contributed by atoms with E-state index in [9.17, 15) is 9.18 Å². The minimum atomic E-state index is -0.819. The van der Waals surface area contributed by atoms with E-state index in [1.165, 1.54) is 6.07 Å². The zero-order valence-electron chi connectivity index (χ0n) is 11.1. The second kappa shape index (κ2) is 7.46. The molecule has 0 aliphatic rings. The summed E-state index contributed by atoms with van der Waals surface area (Å²) in [5, 5.41) is 12.2. The van der Waals surface area contributed by atoms with Crippen molar-refractivity contribution in [3.05, 3.63) is 34.6 Å². The Bertz CT molecular complexity index is 437. The third-order valence-corrected chi connectivity index (χ3v) is 3.13. The quantitative estimate of drug-likeness (QED) is 0.753. The summed E-state index contributed by atoms with van der Waals surface area (Å²) in [5.74, 6) is -0.960. The third-order valence-electron chi connectivity index (χ3n) is 2.90. The Balaban J connectivity index is 2.69. The number of hydrogen-bond acceptors (Lipinski definition) is 2. The van der Waals surface area contributed by atoms with Crippen LogP contribution in [0.25, 0.3) is 0 Å². The van der Waals surface area contributed by atoms with Gasteiger partial charge in [0.05, 0.1) is 0 Å². The van der Waals surface area contributed by atoms with Gasteiger partial charge in [0, 0.05) is 23.0 Å². The monoisotopic (exact) mass is 287 g/mol. The molecule has 0 saturated carbocycles. The molecule has 0 aliphatic carbocycles. The number of carbonyl (C=O) groups is 1. The van der Waals surface area contributed by atoms with Crippen LogP contribution in [0.2, 0.25) is 5.02 Å². The molecule has 1 atom stereocenters. The lowest BCUT2D eigenvalue weighted by Crippen LogP contribution is -2.27. The number of aliphatic carboxylic acids is 1. The summed E-state index contributed by atoms with van der Waals surface area (Å²) >= 11 is 5.74. The van der Waals surface area contributed by atoms with Gasteiger partial charge in [0.25, 0.3) is 0 Å². The molecular formula is C14H19ClFNO2. The topological polar surface area (TPSA) is 49.3 Å². The number of nitrogens with one attached hydrogen (secondary N) is 1. The molecule has 0 heterocycles.